The van der Waals surface area contributed by atoms with E-state index in [9.17, 15) is 4.79 Å². The molecule has 1 amide bonds. The summed E-state index contributed by atoms with van der Waals surface area (Å²) >= 11 is 11.6. The minimum atomic E-state index is -0.0764. The van der Waals surface area contributed by atoms with E-state index >= 15 is 0 Å². The average molecular weight is 479 g/mol. The summed E-state index contributed by atoms with van der Waals surface area (Å²) in [5.74, 6) is -0.0764. The Balaban J connectivity index is 2.22. The van der Waals surface area contributed by atoms with Gasteiger partial charge in [-0.3, -0.25) is 4.79 Å². The van der Waals surface area contributed by atoms with Gasteiger partial charge in [0, 0.05) is 13.1 Å². The highest BCUT2D eigenvalue weighted by atomic mass is 127. The van der Waals surface area contributed by atoms with Gasteiger partial charge in [-0.1, -0.05) is 46.6 Å². The standard InChI is InChI=1S/C16H14BrClINO/c1-2-15(10-4-3-5-12(18)8-10)20-16(21)13-9-11(17)6-7-14(13)19/h3-9,15H,2H2,1H3,(H,20,21). The zero-order chi connectivity index (χ0) is 15.4. The fraction of sp³-hybridized carbons (Fsp3) is 0.188. The molecule has 0 radical (unpaired) electrons. The van der Waals surface area contributed by atoms with Gasteiger partial charge in [0.15, 0.2) is 0 Å². The number of hydrogen-bond acceptors (Lipinski definition) is 1. The molecule has 1 atom stereocenters. The molecule has 0 aliphatic carbocycles. The van der Waals surface area contributed by atoms with Crippen LogP contribution < -0.4 is 5.32 Å². The Hall–Kier alpha value is -0.590. The van der Waals surface area contributed by atoms with E-state index in [2.05, 4.69) is 43.8 Å². The molecule has 1 unspecified atom stereocenters. The van der Waals surface area contributed by atoms with Crippen molar-refractivity contribution in [2.24, 2.45) is 0 Å². The molecule has 0 bridgehead atoms. The van der Waals surface area contributed by atoms with E-state index in [-0.39, 0.29) is 11.9 Å². The summed E-state index contributed by atoms with van der Waals surface area (Å²) in [5.41, 5.74) is 1.69. The molecule has 5 heteroatoms. The quantitative estimate of drug-likeness (QED) is 0.571. The van der Waals surface area contributed by atoms with E-state index in [0.29, 0.717) is 10.6 Å². The van der Waals surface area contributed by atoms with Crippen molar-refractivity contribution in [2.45, 2.75) is 19.4 Å². The summed E-state index contributed by atoms with van der Waals surface area (Å²) in [4.78, 5) is 12.5. The summed E-state index contributed by atoms with van der Waals surface area (Å²) < 4.78 is 1.82. The third-order valence-electron chi connectivity index (χ3n) is 3.14. The third kappa shape index (κ3) is 4.44. The monoisotopic (exact) mass is 477 g/mol. The van der Waals surface area contributed by atoms with E-state index in [1.165, 1.54) is 0 Å². The predicted molar refractivity (Wildman–Crippen MR) is 98.8 cm³/mol. The van der Waals surface area contributed by atoms with Crippen LogP contribution in [0.4, 0.5) is 0 Å². The van der Waals surface area contributed by atoms with Crippen LogP contribution in [0.1, 0.15) is 35.3 Å². The molecule has 0 fully saturated rings. The number of benzene rings is 2. The minimum Gasteiger partial charge on any atom is -0.345 e. The van der Waals surface area contributed by atoms with Gasteiger partial charge in [0.1, 0.15) is 0 Å². The van der Waals surface area contributed by atoms with Crippen LogP contribution in [0, 0.1) is 3.57 Å². The number of amides is 1. The van der Waals surface area contributed by atoms with Gasteiger partial charge >= 0.3 is 0 Å². The smallest absolute Gasteiger partial charge is 0.252 e. The van der Waals surface area contributed by atoms with Crippen molar-refractivity contribution in [1.82, 2.24) is 5.32 Å². The highest BCUT2D eigenvalue weighted by molar-refractivity contribution is 14.1. The van der Waals surface area contributed by atoms with Crippen LogP contribution in [-0.2, 0) is 0 Å². The summed E-state index contributed by atoms with van der Waals surface area (Å²) in [6.07, 6.45) is 0.802. The SMILES string of the molecule is CCC(NC(=O)c1cc(Br)ccc1I)c1cccc(Cl)c1. The number of carbonyl (C=O) groups excluding carboxylic acids is 1. The van der Waals surface area contributed by atoms with Crippen molar-refractivity contribution in [1.29, 1.82) is 0 Å². The van der Waals surface area contributed by atoms with Gasteiger partial charge in [0.25, 0.3) is 5.91 Å². The molecule has 2 nitrogen and oxygen atoms in total. The molecular formula is C16H14BrClINO. The fourth-order valence-corrected chi connectivity index (χ4v) is 3.19. The largest absolute Gasteiger partial charge is 0.345 e. The molecule has 0 saturated heterocycles. The van der Waals surface area contributed by atoms with Crippen LogP contribution >= 0.6 is 50.1 Å². The van der Waals surface area contributed by atoms with Crippen molar-refractivity contribution in [3.8, 4) is 0 Å². The highest BCUT2D eigenvalue weighted by Gasteiger charge is 2.16. The zero-order valence-corrected chi connectivity index (χ0v) is 15.9. The maximum atomic E-state index is 12.5. The maximum Gasteiger partial charge on any atom is 0.252 e. The molecule has 0 heterocycles. The molecule has 21 heavy (non-hydrogen) atoms. The molecule has 2 aromatic carbocycles. The van der Waals surface area contributed by atoms with Crippen LogP contribution in [0.5, 0.6) is 0 Å². The van der Waals surface area contributed by atoms with Crippen LogP contribution in [0.2, 0.25) is 5.02 Å². The topological polar surface area (TPSA) is 29.1 Å². The molecule has 0 aliphatic heterocycles. The number of nitrogens with one attached hydrogen (secondary N) is 1. The van der Waals surface area contributed by atoms with E-state index in [1.54, 1.807) is 0 Å². The molecule has 1 N–H and O–H groups in total. The van der Waals surface area contributed by atoms with Gasteiger partial charge in [0.2, 0.25) is 0 Å². The van der Waals surface area contributed by atoms with Gasteiger partial charge in [-0.15, -0.1) is 0 Å². The van der Waals surface area contributed by atoms with Crippen molar-refractivity contribution in [2.75, 3.05) is 0 Å². The molecule has 0 aromatic heterocycles. The Morgan fingerprint density at radius 2 is 2.10 bits per heavy atom. The minimum absolute atomic E-state index is 0.0500. The first-order chi connectivity index (χ1) is 10.0. The van der Waals surface area contributed by atoms with Crippen molar-refractivity contribution in [3.05, 3.63) is 66.7 Å². The lowest BCUT2D eigenvalue weighted by molar-refractivity contribution is 0.0934. The normalized spacial score (nSPS) is 12.0. The lowest BCUT2D eigenvalue weighted by Gasteiger charge is -2.18. The summed E-state index contributed by atoms with van der Waals surface area (Å²) in [6, 6.07) is 13.2. The van der Waals surface area contributed by atoms with E-state index in [0.717, 1.165) is 20.0 Å². The van der Waals surface area contributed by atoms with Gasteiger partial charge in [-0.25, -0.2) is 0 Å². The van der Waals surface area contributed by atoms with Crippen molar-refractivity contribution < 1.29 is 4.79 Å². The van der Waals surface area contributed by atoms with Crippen LogP contribution in [-0.4, -0.2) is 5.91 Å². The van der Waals surface area contributed by atoms with Gasteiger partial charge in [0.05, 0.1) is 11.6 Å². The van der Waals surface area contributed by atoms with Gasteiger partial charge in [-0.05, 0) is 64.9 Å². The molecular weight excluding hydrogens is 464 g/mol. The zero-order valence-electron chi connectivity index (χ0n) is 11.4. The second kappa shape index (κ2) is 7.61. The molecule has 0 saturated carbocycles. The fourth-order valence-electron chi connectivity index (χ4n) is 2.05. The van der Waals surface area contributed by atoms with Crippen LogP contribution in [0.3, 0.4) is 0 Å². The van der Waals surface area contributed by atoms with E-state index < -0.39 is 0 Å². The van der Waals surface area contributed by atoms with Crippen molar-refractivity contribution >= 4 is 56.0 Å². The third-order valence-corrected chi connectivity index (χ3v) is 4.81. The van der Waals surface area contributed by atoms with Crippen LogP contribution in [0.15, 0.2) is 46.9 Å². The first-order valence-electron chi connectivity index (χ1n) is 6.52. The summed E-state index contributed by atoms with van der Waals surface area (Å²) in [5, 5.41) is 3.75. The molecule has 2 aromatic rings. The molecule has 2 rings (SSSR count). The second-order valence-corrected chi connectivity index (χ2v) is 7.13. The highest BCUT2D eigenvalue weighted by Crippen LogP contribution is 2.23. The Labute approximate surface area is 151 Å². The Kier molecular flexibility index (Phi) is 6.08. The Bertz CT molecular complexity index is 662. The average Bonchev–Trinajstić information content (AvgIpc) is 2.47. The predicted octanol–water partition coefficient (Wildman–Crippen LogP) is 5.59. The lowest BCUT2D eigenvalue weighted by atomic mass is 10.0. The van der Waals surface area contributed by atoms with Gasteiger partial charge < -0.3 is 5.32 Å². The maximum absolute atomic E-state index is 12.5. The van der Waals surface area contributed by atoms with Crippen molar-refractivity contribution in [3.63, 3.8) is 0 Å². The first kappa shape index (κ1) is 16.8. The summed E-state index contributed by atoms with van der Waals surface area (Å²) in [6.45, 7) is 2.04. The van der Waals surface area contributed by atoms with E-state index in [1.807, 2.05) is 49.4 Å². The Morgan fingerprint density at radius 1 is 1.33 bits per heavy atom. The Morgan fingerprint density at radius 3 is 2.76 bits per heavy atom. The number of carbonyl (C=O) groups is 1. The summed E-state index contributed by atoms with van der Waals surface area (Å²) in [7, 11) is 0. The first-order valence-corrected chi connectivity index (χ1v) is 8.77. The lowest BCUT2D eigenvalue weighted by Crippen LogP contribution is -2.28. The molecule has 0 spiro atoms. The van der Waals surface area contributed by atoms with Crippen LogP contribution in [0.25, 0.3) is 0 Å². The number of hydrogen-bond donors (Lipinski definition) is 1. The molecule has 110 valence electrons. The second-order valence-electron chi connectivity index (χ2n) is 4.61. The van der Waals surface area contributed by atoms with E-state index in [4.69, 9.17) is 11.6 Å². The number of rotatable bonds is 4. The molecule has 0 aliphatic rings. The van der Waals surface area contributed by atoms with Gasteiger partial charge in [-0.2, -0.15) is 0 Å². The number of halogens is 3.